The Bertz CT molecular complexity index is 1550. The highest BCUT2D eigenvalue weighted by atomic mass is 16.8. The molecule has 8 aliphatic rings. The summed E-state index contributed by atoms with van der Waals surface area (Å²) in [6, 6.07) is 0. The van der Waals surface area contributed by atoms with Crippen molar-refractivity contribution in [3.63, 3.8) is 0 Å². The summed E-state index contributed by atoms with van der Waals surface area (Å²) in [7, 11) is 0. The Morgan fingerprint density at radius 1 is 0.678 bits per heavy atom. The van der Waals surface area contributed by atoms with Crippen LogP contribution < -0.4 is 0 Å². The van der Waals surface area contributed by atoms with E-state index in [1.807, 2.05) is 0 Å². The first-order valence-corrected chi connectivity index (χ1v) is 21.5. The van der Waals surface area contributed by atoms with Gasteiger partial charge in [-0.1, -0.05) is 13.8 Å². The molecular formula is C41H64O18. The van der Waals surface area contributed by atoms with Gasteiger partial charge in [0.25, 0.3) is 0 Å². The maximum atomic E-state index is 12.6. The van der Waals surface area contributed by atoms with E-state index in [4.69, 9.17) is 33.2 Å². The molecule has 4 heterocycles. The van der Waals surface area contributed by atoms with E-state index in [0.717, 1.165) is 50.5 Å². The highest BCUT2D eigenvalue weighted by Crippen LogP contribution is 2.70. The second-order valence-electron chi connectivity index (χ2n) is 19.1. The second kappa shape index (κ2) is 16.6. The number of ether oxygens (including phenoxy) is 7. The third-order valence-corrected chi connectivity index (χ3v) is 16.3. The quantitative estimate of drug-likeness (QED) is 0.0897. The Hall–Kier alpha value is -1.43. The Kier molecular flexibility index (Phi) is 12.4. The van der Waals surface area contributed by atoms with Crippen LogP contribution in [-0.4, -0.2) is 181 Å². The summed E-state index contributed by atoms with van der Waals surface area (Å²) in [5.41, 5.74) is -0.142. The average molecular weight is 845 g/mol. The molecule has 0 bridgehead atoms. The van der Waals surface area contributed by atoms with Gasteiger partial charge in [0.15, 0.2) is 18.9 Å². The molecule has 8 rings (SSSR count). The molecule has 0 aromatic carbocycles. The van der Waals surface area contributed by atoms with Gasteiger partial charge in [0.05, 0.1) is 31.0 Å². The largest absolute Gasteiger partial charge is 0.458 e. The lowest BCUT2D eigenvalue weighted by Gasteiger charge is -2.64. The number of esters is 1. The van der Waals surface area contributed by atoms with Gasteiger partial charge in [-0.3, -0.25) is 0 Å². The summed E-state index contributed by atoms with van der Waals surface area (Å²) in [5, 5.41) is 108. The fraction of sp³-hybridized carbons (Fsp3) is 0.927. The number of carbonyl (C=O) groups is 1. The first kappa shape index (κ1) is 44.2. The van der Waals surface area contributed by atoms with Crippen molar-refractivity contribution >= 4 is 5.97 Å². The van der Waals surface area contributed by atoms with Gasteiger partial charge in [0, 0.05) is 11.5 Å². The van der Waals surface area contributed by atoms with E-state index in [-0.39, 0.29) is 34.7 Å². The molecule has 7 fully saturated rings. The first-order valence-electron chi connectivity index (χ1n) is 21.5. The van der Waals surface area contributed by atoms with Crippen LogP contribution in [0.1, 0.15) is 78.6 Å². The van der Waals surface area contributed by atoms with E-state index in [2.05, 4.69) is 13.8 Å². The molecule has 0 spiro atoms. The van der Waals surface area contributed by atoms with Gasteiger partial charge >= 0.3 is 5.97 Å². The summed E-state index contributed by atoms with van der Waals surface area (Å²) < 4.78 is 40.4. The van der Waals surface area contributed by atoms with Gasteiger partial charge in [-0.2, -0.15) is 0 Å². The maximum Gasteiger partial charge on any atom is 0.331 e. The Morgan fingerprint density at radius 3 is 1.97 bits per heavy atom. The first-order chi connectivity index (χ1) is 27.9. The van der Waals surface area contributed by atoms with Crippen molar-refractivity contribution in [2.75, 3.05) is 19.8 Å². The smallest absolute Gasteiger partial charge is 0.331 e. The van der Waals surface area contributed by atoms with Crippen molar-refractivity contribution in [3.8, 4) is 0 Å². The number of cyclic esters (lactones) is 1. The zero-order chi connectivity index (χ0) is 42.3. The van der Waals surface area contributed by atoms with Crippen molar-refractivity contribution in [3.05, 3.63) is 11.6 Å². The minimum Gasteiger partial charge on any atom is -0.458 e. The highest BCUT2D eigenvalue weighted by molar-refractivity contribution is 5.85. The van der Waals surface area contributed by atoms with E-state index in [1.165, 1.54) is 0 Å². The molecule has 0 aromatic heterocycles. The summed E-state index contributed by atoms with van der Waals surface area (Å²) >= 11 is 0. The molecule has 23 atom stereocenters. The van der Waals surface area contributed by atoms with E-state index in [9.17, 15) is 55.9 Å². The van der Waals surface area contributed by atoms with Crippen molar-refractivity contribution in [2.24, 2.45) is 34.5 Å². The average Bonchev–Trinajstić information content (AvgIpc) is 3.76. The fourth-order valence-electron chi connectivity index (χ4n) is 12.8. The number of aliphatic hydroxyl groups excluding tert-OH is 9. The van der Waals surface area contributed by atoms with Gasteiger partial charge in [0.2, 0.25) is 0 Å². The van der Waals surface area contributed by atoms with Crippen LogP contribution in [0, 0.1) is 34.5 Å². The number of aliphatic hydroxyl groups is 10. The lowest BCUT2D eigenvalue weighted by atomic mass is 9.43. The van der Waals surface area contributed by atoms with Crippen LogP contribution in [0.5, 0.6) is 0 Å². The summed E-state index contributed by atoms with van der Waals surface area (Å²) in [6.45, 7) is 4.98. The minimum absolute atomic E-state index is 0.0158. The molecule has 0 unspecified atom stereocenters. The monoisotopic (exact) mass is 844 g/mol. The Labute approximate surface area is 342 Å². The van der Waals surface area contributed by atoms with Gasteiger partial charge in [-0.25, -0.2) is 4.79 Å². The van der Waals surface area contributed by atoms with E-state index in [1.54, 1.807) is 13.0 Å². The SMILES string of the molecule is C[C@@H]1O[C@@H](O[C@H]2CC[C@@]3(C)[C@H](CC[C@@H]4[C@@H]3CC[C@]3(C)[C@@H](C5=CC(=O)OC5)CC[C@]43O)C2)[C@H](O)[C@H](O)[C@H]1O[C@@H]1O[C@H](CO)[C@@H](O[C@@H]2O[C@H](CO)[C@@H](O)[C@H](O)[C@H]2O)[C@H](O)[C@H]1O. The van der Waals surface area contributed by atoms with Gasteiger partial charge in [0.1, 0.15) is 73.8 Å². The minimum atomic E-state index is -1.84. The van der Waals surface area contributed by atoms with E-state index in [0.29, 0.717) is 31.3 Å². The molecule has 18 heteroatoms. The lowest BCUT2D eigenvalue weighted by Crippen LogP contribution is -2.66. The van der Waals surface area contributed by atoms with Crippen LogP contribution in [0.15, 0.2) is 11.6 Å². The molecule has 4 aliphatic carbocycles. The van der Waals surface area contributed by atoms with Crippen LogP contribution in [0.25, 0.3) is 0 Å². The molecule has 4 saturated carbocycles. The number of hydrogen-bond acceptors (Lipinski definition) is 18. The lowest BCUT2D eigenvalue weighted by molar-refractivity contribution is -0.379. The Balaban J connectivity index is 0.864. The highest BCUT2D eigenvalue weighted by Gasteiger charge is 2.68. The van der Waals surface area contributed by atoms with Gasteiger partial charge in [-0.15, -0.1) is 0 Å². The molecule has 0 aromatic rings. The molecule has 18 nitrogen and oxygen atoms in total. The van der Waals surface area contributed by atoms with Crippen molar-refractivity contribution in [2.45, 2.75) is 182 Å². The summed E-state index contributed by atoms with van der Waals surface area (Å²) in [4.78, 5) is 11.9. The van der Waals surface area contributed by atoms with Crippen molar-refractivity contribution in [1.29, 1.82) is 0 Å². The van der Waals surface area contributed by atoms with Crippen molar-refractivity contribution in [1.82, 2.24) is 0 Å². The molecule has 4 aliphatic heterocycles. The maximum absolute atomic E-state index is 12.6. The Morgan fingerprint density at radius 2 is 1.31 bits per heavy atom. The molecule has 59 heavy (non-hydrogen) atoms. The number of rotatable bonds is 9. The predicted octanol–water partition coefficient (Wildman–Crippen LogP) is -1.90. The molecular weight excluding hydrogens is 780 g/mol. The zero-order valence-corrected chi connectivity index (χ0v) is 33.8. The third-order valence-electron chi connectivity index (χ3n) is 16.3. The summed E-state index contributed by atoms with van der Waals surface area (Å²) in [6.07, 6.45) is -14.1. The molecule has 0 amide bonds. The topological polar surface area (TPSA) is 284 Å². The van der Waals surface area contributed by atoms with E-state index >= 15 is 0 Å². The van der Waals surface area contributed by atoms with Crippen LogP contribution in [0.2, 0.25) is 0 Å². The number of carbonyl (C=O) groups excluding carboxylic acids is 1. The molecule has 336 valence electrons. The normalized spacial score (nSPS) is 55.1. The second-order valence-corrected chi connectivity index (χ2v) is 19.1. The van der Waals surface area contributed by atoms with Crippen molar-refractivity contribution < 1.29 is 89.0 Å². The van der Waals surface area contributed by atoms with Gasteiger partial charge in [-0.05, 0) is 99.4 Å². The number of hydrogen-bond donors (Lipinski definition) is 10. The number of fused-ring (bicyclic) bond motifs is 5. The molecule has 3 saturated heterocycles. The van der Waals surface area contributed by atoms with Gasteiger partial charge < -0.3 is 84.2 Å². The van der Waals surface area contributed by atoms with Crippen LogP contribution >= 0.6 is 0 Å². The zero-order valence-electron chi connectivity index (χ0n) is 33.8. The fourth-order valence-corrected chi connectivity index (χ4v) is 12.8. The molecule has 0 radical (unpaired) electrons. The molecule has 10 N–H and O–H groups in total. The van der Waals surface area contributed by atoms with E-state index < -0.39 is 111 Å². The van der Waals surface area contributed by atoms with Crippen LogP contribution in [0.4, 0.5) is 0 Å². The third kappa shape index (κ3) is 7.33. The predicted molar refractivity (Wildman–Crippen MR) is 198 cm³/mol. The van der Waals surface area contributed by atoms with Crippen LogP contribution in [-0.2, 0) is 38.0 Å². The van der Waals surface area contributed by atoms with Crippen LogP contribution in [0.3, 0.4) is 0 Å². The standard InChI is InChI=1S/C41H64O18/c1-17-34(58-38-33(51)30(48)35(25(15-43)57-38)59-37-31(49)28(46)27(45)24(14-42)56-37)29(47)32(50)36(54-17)55-20-6-9-39(2)19(13-20)4-5-23-22(39)7-10-40(3)21(8-11-41(23,40)52)18-12-26(44)53-16-18/h12,17,19-25,27-38,42-43,45-52H,4-11,13-16H2,1-3H3/t17-,19+,20-,21+,22-,23+,24+,25+,27+,28-,29-,30+,31+,32+,33+,34-,35+,36-,37-,38-,39-,40+,41-/m0/s1. The summed E-state index contributed by atoms with van der Waals surface area (Å²) in [5.74, 6) is 0.641.